The van der Waals surface area contributed by atoms with Gasteiger partial charge >= 0.3 is 0 Å². The van der Waals surface area contributed by atoms with Crippen molar-refractivity contribution in [3.63, 3.8) is 0 Å². The quantitative estimate of drug-likeness (QED) is 0.765. The maximum atomic E-state index is 12.1. The maximum absolute atomic E-state index is 12.1. The molecule has 1 saturated carbocycles. The van der Waals surface area contributed by atoms with Gasteiger partial charge in [-0.05, 0) is 31.2 Å². The van der Waals surface area contributed by atoms with E-state index in [1.165, 1.54) is 11.3 Å². The van der Waals surface area contributed by atoms with Crippen LogP contribution in [-0.4, -0.2) is 31.8 Å². The number of thiophene rings is 1. The van der Waals surface area contributed by atoms with E-state index in [4.69, 9.17) is 5.73 Å². The molecule has 1 aliphatic rings. The van der Waals surface area contributed by atoms with Gasteiger partial charge in [0.1, 0.15) is 17.3 Å². The molecule has 118 valence electrons. The molecule has 7 nitrogen and oxygen atoms in total. The fourth-order valence-electron chi connectivity index (χ4n) is 2.81. The fraction of sp³-hybridized carbons (Fsp3) is 0.500. The van der Waals surface area contributed by atoms with Crippen molar-refractivity contribution in [2.24, 2.45) is 0 Å². The van der Waals surface area contributed by atoms with Crippen LogP contribution < -0.4 is 11.1 Å². The Balaban J connectivity index is 1.59. The van der Waals surface area contributed by atoms with E-state index < -0.39 is 0 Å². The number of nitrogens with zero attached hydrogens (tertiary/aromatic N) is 3. The minimum Gasteiger partial charge on any atom is -0.397 e. The smallest absolute Gasteiger partial charge is 0.263 e. The number of rotatable bonds is 5. The number of aliphatic hydroxyl groups is 1. The minimum atomic E-state index is -0.107. The number of nitrogens with two attached hydrogens (primary N) is 1. The second-order valence-corrected chi connectivity index (χ2v) is 6.34. The Morgan fingerprint density at radius 2 is 2.32 bits per heavy atom. The molecule has 2 heterocycles. The first-order valence-electron chi connectivity index (χ1n) is 7.30. The Labute approximate surface area is 132 Å². The molecule has 0 bridgehead atoms. The van der Waals surface area contributed by atoms with Gasteiger partial charge in [-0.1, -0.05) is 0 Å². The number of carbonyl (C=O) groups excluding carboxylic acids is 1. The topological polar surface area (TPSA) is 106 Å². The normalized spacial score (nSPS) is 20.6. The van der Waals surface area contributed by atoms with E-state index in [-0.39, 0.29) is 24.5 Å². The molecule has 0 aliphatic heterocycles. The largest absolute Gasteiger partial charge is 0.397 e. The highest BCUT2D eigenvalue weighted by atomic mass is 32.1. The van der Waals surface area contributed by atoms with Crippen LogP contribution in [0.3, 0.4) is 0 Å². The SMILES string of the molecule is CCn1c(CO)nnc1C1CC(NC(=O)c2sccc2N)C1. The first kappa shape index (κ1) is 15.0. The van der Waals surface area contributed by atoms with E-state index >= 15 is 0 Å². The summed E-state index contributed by atoms with van der Waals surface area (Å²) in [6.07, 6.45) is 1.67. The van der Waals surface area contributed by atoms with E-state index in [0.29, 0.717) is 16.4 Å². The summed E-state index contributed by atoms with van der Waals surface area (Å²) in [5.74, 6) is 1.66. The molecule has 4 N–H and O–H groups in total. The lowest BCUT2D eigenvalue weighted by atomic mass is 9.79. The van der Waals surface area contributed by atoms with Crippen molar-refractivity contribution in [1.29, 1.82) is 0 Å². The van der Waals surface area contributed by atoms with Crippen molar-refractivity contribution >= 4 is 22.9 Å². The van der Waals surface area contributed by atoms with Gasteiger partial charge in [0.05, 0.1) is 5.69 Å². The Bertz CT molecular complexity index is 675. The lowest BCUT2D eigenvalue weighted by molar-refractivity contribution is 0.0911. The van der Waals surface area contributed by atoms with Crippen molar-refractivity contribution < 1.29 is 9.90 Å². The summed E-state index contributed by atoms with van der Waals surface area (Å²) in [6, 6.07) is 1.88. The number of aliphatic hydroxyl groups excluding tert-OH is 1. The zero-order valence-electron chi connectivity index (χ0n) is 12.3. The van der Waals surface area contributed by atoms with Gasteiger partial charge in [0.2, 0.25) is 0 Å². The molecule has 2 aromatic rings. The zero-order valence-corrected chi connectivity index (χ0v) is 13.1. The van der Waals surface area contributed by atoms with E-state index in [0.717, 1.165) is 25.2 Å². The summed E-state index contributed by atoms with van der Waals surface area (Å²) in [5, 5.41) is 22.2. The average molecular weight is 321 g/mol. The van der Waals surface area contributed by atoms with Crippen molar-refractivity contribution in [1.82, 2.24) is 20.1 Å². The molecule has 0 radical (unpaired) electrons. The molecule has 0 aromatic carbocycles. The third kappa shape index (κ3) is 2.59. The van der Waals surface area contributed by atoms with Gasteiger partial charge < -0.3 is 20.7 Å². The number of nitrogen functional groups attached to an aromatic ring is 1. The Kier molecular flexibility index (Phi) is 4.12. The average Bonchev–Trinajstić information content (AvgIpc) is 3.07. The summed E-state index contributed by atoms with van der Waals surface area (Å²) in [6.45, 7) is 2.63. The van der Waals surface area contributed by atoms with Crippen molar-refractivity contribution in [2.45, 2.75) is 44.9 Å². The molecule has 0 spiro atoms. The Hall–Kier alpha value is -1.93. The predicted molar refractivity (Wildman–Crippen MR) is 83.6 cm³/mol. The second kappa shape index (κ2) is 6.05. The van der Waals surface area contributed by atoms with Crippen LogP contribution in [0.5, 0.6) is 0 Å². The summed E-state index contributed by atoms with van der Waals surface area (Å²) >= 11 is 1.35. The number of hydrogen-bond donors (Lipinski definition) is 3. The molecular weight excluding hydrogens is 302 g/mol. The minimum absolute atomic E-state index is 0.106. The van der Waals surface area contributed by atoms with Crippen LogP contribution >= 0.6 is 11.3 Å². The number of hydrogen-bond acceptors (Lipinski definition) is 6. The third-order valence-electron chi connectivity index (χ3n) is 4.05. The van der Waals surface area contributed by atoms with Gasteiger partial charge in [-0.2, -0.15) is 0 Å². The molecular formula is C14H19N5O2S. The fourth-order valence-corrected chi connectivity index (χ4v) is 3.53. The van der Waals surface area contributed by atoms with Gasteiger partial charge in [-0.3, -0.25) is 4.79 Å². The lowest BCUT2D eigenvalue weighted by Gasteiger charge is -2.35. The molecule has 1 fully saturated rings. The molecule has 0 saturated heterocycles. The molecule has 1 aliphatic carbocycles. The first-order valence-corrected chi connectivity index (χ1v) is 8.18. The van der Waals surface area contributed by atoms with Gasteiger partial charge in [0.15, 0.2) is 5.82 Å². The first-order chi connectivity index (χ1) is 10.6. The highest BCUT2D eigenvalue weighted by Gasteiger charge is 2.35. The second-order valence-electron chi connectivity index (χ2n) is 5.42. The van der Waals surface area contributed by atoms with E-state index in [1.54, 1.807) is 6.07 Å². The molecule has 0 atom stereocenters. The molecule has 22 heavy (non-hydrogen) atoms. The highest BCUT2D eigenvalue weighted by molar-refractivity contribution is 7.12. The molecule has 8 heteroatoms. The zero-order chi connectivity index (χ0) is 15.7. The van der Waals surface area contributed by atoms with Crippen molar-refractivity contribution in [2.75, 3.05) is 5.73 Å². The standard InChI is InChI=1S/C14H19N5O2S/c1-2-19-11(7-20)17-18-13(19)8-5-9(6-8)16-14(21)12-10(15)3-4-22-12/h3-4,8-9,20H,2,5-7,15H2,1H3,(H,16,21). The van der Waals surface area contributed by atoms with Crippen LogP contribution in [0.25, 0.3) is 0 Å². The van der Waals surface area contributed by atoms with Crippen LogP contribution in [0.15, 0.2) is 11.4 Å². The number of amides is 1. The molecule has 3 rings (SSSR count). The number of aromatic nitrogens is 3. The molecule has 1 amide bonds. The van der Waals surface area contributed by atoms with E-state index in [9.17, 15) is 9.90 Å². The van der Waals surface area contributed by atoms with Crippen LogP contribution in [0.4, 0.5) is 5.69 Å². The summed E-state index contributed by atoms with van der Waals surface area (Å²) < 4.78 is 1.94. The predicted octanol–water partition coefficient (Wildman–Crippen LogP) is 1.11. The third-order valence-corrected chi connectivity index (χ3v) is 4.98. The number of nitrogens with one attached hydrogen (secondary N) is 1. The van der Waals surface area contributed by atoms with Crippen LogP contribution in [0.1, 0.15) is 47.0 Å². The summed E-state index contributed by atoms with van der Waals surface area (Å²) in [4.78, 5) is 12.7. The number of carbonyl (C=O) groups is 1. The monoisotopic (exact) mass is 321 g/mol. The summed E-state index contributed by atoms with van der Waals surface area (Å²) in [7, 11) is 0. The summed E-state index contributed by atoms with van der Waals surface area (Å²) in [5.41, 5.74) is 6.28. The molecule has 0 unspecified atom stereocenters. The van der Waals surface area contributed by atoms with Crippen LogP contribution in [0.2, 0.25) is 0 Å². The highest BCUT2D eigenvalue weighted by Crippen LogP contribution is 2.36. The van der Waals surface area contributed by atoms with E-state index in [1.807, 2.05) is 16.9 Å². The van der Waals surface area contributed by atoms with Gasteiger partial charge in [-0.25, -0.2) is 0 Å². The lowest BCUT2D eigenvalue weighted by Crippen LogP contribution is -2.44. The van der Waals surface area contributed by atoms with Gasteiger partial charge in [0.25, 0.3) is 5.91 Å². The van der Waals surface area contributed by atoms with Gasteiger partial charge in [-0.15, -0.1) is 21.5 Å². The van der Waals surface area contributed by atoms with Gasteiger partial charge in [0, 0.05) is 18.5 Å². The molecule has 2 aromatic heterocycles. The van der Waals surface area contributed by atoms with Crippen molar-refractivity contribution in [3.05, 3.63) is 28.0 Å². The Morgan fingerprint density at radius 1 is 1.55 bits per heavy atom. The maximum Gasteiger partial charge on any atom is 0.263 e. The number of anilines is 1. The van der Waals surface area contributed by atoms with Crippen molar-refractivity contribution in [3.8, 4) is 0 Å². The Morgan fingerprint density at radius 3 is 2.91 bits per heavy atom. The van der Waals surface area contributed by atoms with Crippen LogP contribution in [0, 0.1) is 0 Å². The van der Waals surface area contributed by atoms with Crippen LogP contribution in [-0.2, 0) is 13.2 Å². The van der Waals surface area contributed by atoms with E-state index in [2.05, 4.69) is 15.5 Å².